The maximum atomic E-state index is 12.1. The normalized spacial score (nSPS) is 10.8. The lowest BCUT2D eigenvalue weighted by atomic mass is 10.1. The van der Waals surface area contributed by atoms with Crippen molar-refractivity contribution in [2.45, 2.75) is 39.0 Å². The van der Waals surface area contributed by atoms with E-state index in [2.05, 4.69) is 29.3 Å². The molecule has 0 aromatic carbocycles. The fourth-order valence-electron chi connectivity index (χ4n) is 2.23. The molecule has 0 fully saturated rings. The Balaban J connectivity index is 2.29. The molecule has 7 heteroatoms. The first-order valence-electron chi connectivity index (χ1n) is 7.95. The Labute approximate surface area is 137 Å². The van der Waals surface area contributed by atoms with Crippen LogP contribution in [-0.2, 0) is 0 Å². The Kier molecular flexibility index (Phi) is 8.18. The van der Waals surface area contributed by atoms with E-state index < -0.39 is 4.92 Å². The van der Waals surface area contributed by atoms with Crippen LogP contribution in [0.15, 0.2) is 12.3 Å². The molecule has 0 radical (unpaired) electrons. The highest BCUT2D eigenvalue weighted by atomic mass is 16.6. The largest absolute Gasteiger partial charge is 0.352 e. The van der Waals surface area contributed by atoms with Crippen molar-refractivity contribution in [3.8, 4) is 0 Å². The van der Waals surface area contributed by atoms with E-state index >= 15 is 0 Å². The quantitative estimate of drug-likeness (QED) is 0.406. The average molecular weight is 322 g/mol. The molecular formula is C16H26N4O3. The van der Waals surface area contributed by atoms with Crippen LogP contribution in [0.1, 0.15) is 48.2 Å². The molecule has 0 atom stereocenters. The summed E-state index contributed by atoms with van der Waals surface area (Å²) in [5, 5.41) is 13.6. The van der Waals surface area contributed by atoms with E-state index in [-0.39, 0.29) is 17.2 Å². The fourth-order valence-corrected chi connectivity index (χ4v) is 2.23. The molecule has 1 amide bonds. The number of nitrogens with one attached hydrogen (secondary N) is 1. The van der Waals surface area contributed by atoms with Crippen LogP contribution in [0.5, 0.6) is 0 Å². The molecule has 0 aliphatic carbocycles. The molecule has 0 aliphatic rings. The topological polar surface area (TPSA) is 88.4 Å². The Morgan fingerprint density at radius 2 is 1.91 bits per heavy atom. The Bertz CT molecular complexity index is 532. The third-order valence-corrected chi connectivity index (χ3v) is 3.60. The third-order valence-electron chi connectivity index (χ3n) is 3.60. The van der Waals surface area contributed by atoms with Crippen LogP contribution in [0.4, 0.5) is 5.69 Å². The summed E-state index contributed by atoms with van der Waals surface area (Å²) in [5.41, 5.74) is 0.601. The van der Waals surface area contributed by atoms with E-state index in [1.54, 1.807) is 6.92 Å². The van der Waals surface area contributed by atoms with Crippen molar-refractivity contribution in [3.63, 3.8) is 0 Å². The van der Waals surface area contributed by atoms with Gasteiger partial charge in [0.25, 0.3) is 11.6 Å². The van der Waals surface area contributed by atoms with Gasteiger partial charge in [0.15, 0.2) is 0 Å². The lowest BCUT2D eigenvalue weighted by Gasteiger charge is -2.09. The third kappa shape index (κ3) is 7.19. The Morgan fingerprint density at radius 1 is 1.26 bits per heavy atom. The summed E-state index contributed by atoms with van der Waals surface area (Å²) in [6, 6.07) is 1.28. The van der Waals surface area contributed by atoms with E-state index in [0.29, 0.717) is 12.2 Å². The highest BCUT2D eigenvalue weighted by Crippen LogP contribution is 2.14. The molecule has 0 saturated heterocycles. The van der Waals surface area contributed by atoms with Gasteiger partial charge in [0.05, 0.1) is 16.2 Å². The predicted octanol–water partition coefficient (Wildman–Crippen LogP) is 2.54. The summed E-state index contributed by atoms with van der Waals surface area (Å²) in [4.78, 5) is 28.4. The molecule has 0 aliphatic heterocycles. The second-order valence-electron chi connectivity index (χ2n) is 5.91. The van der Waals surface area contributed by atoms with Crippen LogP contribution in [-0.4, -0.2) is 47.9 Å². The van der Waals surface area contributed by atoms with Crippen LogP contribution < -0.4 is 5.32 Å². The molecule has 0 saturated carbocycles. The van der Waals surface area contributed by atoms with Gasteiger partial charge in [-0.05, 0) is 40.4 Å². The number of carbonyl (C=O) groups is 1. The zero-order chi connectivity index (χ0) is 17.2. The first kappa shape index (κ1) is 19.0. The zero-order valence-corrected chi connectivity index (χ0v) is 14.2. The number of aryl methyl sites for hydroxylation is 1. The van der Waals surface area contributed by atoms with Crippen molar-refractivity contribution in [1.29, 1.82) is 0 Å². The van der Waals surface area contributed by atoms with Gasteiger partial charge in [0.2, 0.25) is 0 Å². The molecule has 128 valence electrons. The van der Waals surface area contributed by atoms with E-state index in [4.69, 9.17) is 0 Å². The van der Waals surface area contributed by atoms with Crippen molar-refractivity contribution in [2.24, 2.45) is 0 Å². The summed E-state index contributed by atoms with van der Waals surface area (Å²) in [6.07, 6.45) is 6.69. The fraction of sp³-hybridized carbons (Fsp3) is 0.625. The van der Waals surface area contributed by atoms with Crippen LogP contribution in [0.3, 0.4) is 0 Å². The van der Waals surface area contributed by atoms with Gasteiger partial charge in [-0.1, -0.05) is 19.3 Å². The minimum Gasteiger partial charge on any atom is -0.352 e. The smallest absolute Gasteiger partial charge is 0.288 e. The second kappa shape index (κ2) is 9.89. The number of pyridine rings is 1. The minimum atomic E-state index is -0.545. The van der Waals surface area contributed by atoms with Crippen molar-refractivity contribution in [1.82, 2.24) is 15.2 Å². The van der Waals surface area contributed by atoms with E-state index in [0.717, 1.165) is 25.8 Å². The van der Waals surface area contributed by atoms with Crippen molar-refractivity contribution in [3.05, 3.63) is 33.6 Å². The van der Waals surface area contributed by atoms with Gasteiger partial charge in [-0.3, -0.25) is 19.9 Å². The molecule has 0 unspecified atom stereocenters. The van der Waals surface area contributed by atoms with Gasteiger partial charge < -0.3 is 10.2 Å². The van der Waals surface area contributed by atoms with Crippen LogP contribution in [0, 0.1) is 17.0 Å². The number of aromatic nitrogens is 1. The molecular weight excluding hydrogens is 296 g/mol. The standard InChI is InChI=1S/C16H26N4O3/c1-13-15(11-14(12-18-13)20(22)23)16(21)17-9-7-5-4-6-8-10-19(2)3/h11-12H,4-10H2,1-3H3,(H,17,21). The molecule has 1 heterocycles. The molecule has 1 rings (SSSR count). The highest BCUT2D eigenvalue weighted by Gasteiger charge is 2.15. The molecule has 23 heavy (non-hydrogen) atoms. The van der Waals surface area contributed by atoms with E-state index in [1.807, 2.05) is 0 Å². The number of unbranched alkanes of at least 4 members (excludes halogenated alkanes) is 4. The number of rotatable bonds is 10. The molecule has 1 N–H and O–H groups in total. The van der Waals surface area contributed by atoms with Gasteiger partial charge in [-0.25, -0.2) is 0 Å². The van der Waals surface area contributed by atoms with Crippen molar-refractivity contribution in [2.75, 3.05) is 27.2 Å². The first-order valence-corrected chi connectivity index (χ1v) is 7.95. The average Bonchev–Trinajstić information content (AvgIpc) is 2.49. The maximum Gasteiger partial charge on any atom is 0.288 e. The SMILES string of the molecule is Cc1ncc([N+](=O)[O-])cc1C(=O)NCCCCCCCN(C)C. The monoisotopic (exact) mass is 322 g/mol. The summed E-state index contributed by atoms with van der Waals surface area (Å²) < 4.78 is 0. The summed E-state index contributed by atoms with van der Waals surface area (Å²) >= 11 is 0. The number of amides is 1. The van der Waals surface area contributed by atoms with Crippen LogP contribution >= 0.6 is 0 Å². The number of nitro groups is 1. The number of carbonyl (C=O) groups excluding carboxylic acids is 1. The highest BCUT2D eigenvalue weighted by molar-refractivity contribution is 5.95. The number of hydrogen-bond donors (Lipinski definition) is 1. The summed E-state index contributed by atoms with van der Waals surface area (Å²) in [7, 11) is 4.14. The van der Waals surface area contributed by atoms with E-state index in [9.17, 15) is 14.9 Å². The van der Waals surface area contributed by atoms with Crippen LogP contribution in [0.2, 0.25) is 0 Å². The van der Waals surface area contributed by atoms with Gasteiger partial charge in [0.1, 0.15) is 6.20 Å². The van der Waals surface area contributed by atoms with Crippen LogP contribution in [0.25, 0.3) is 0 Å². The molecule has 0 spiro atoms. The summed E-state index contributed by atoms with van der Waals surface area (Å²) in [5.74, 6) is -0.300. The van der Waals surface area contributed by atoms with E-state index in [1.165, 1.54) is 25.1 Å². The summed E-state index contributed by atoms with van der Waals surface area (Å²) in [6.45, 7) is 3.35. The lowest BCUT2D eigenvalue weighted by Crippen LogP contribution is -2.25. The van der Waals surface area contributed by atoms with Gasteiger partial charge in [0, 0.05) is 12.6 Å². The maximum absolute atomic E-state index is 12.1. The molecule has 1 aromatic heterocycles. The molecule has 1 aromatic rings. The molecule has 7 nitrogen and oxygen atoms in total. The number of nitrogens with zero attached hydrogens (tertiary/aromatic N) is 3. The Morgan fingerprint density at radius 3 is 2.57 bits per heavy atom. The second-order valence-corrected chi connectivity index (χ2v) is 5.91. The first-order chi connectivity index (χ1) is 10.9. The van der Waals surface area contributed by atoms with Gasteiger partial charge >= 0.3 is 0 Å². The number of hydrogen-bond acceptors (Lipinski definition) is 5. The van der Waals surface area contributed by atoms with Crippen molar-refractivity contribution >= 4 is 11.6 Å². The predicted molar refractivity (Wildman–Crippen MR) is 89.6 cm³/mol. The van der Waals surface area contributed by atoms with Gasteiger partial charge in [-0.2, -0.15) is 0 Å². The Hall–Kier alpha value is -2.02. The lowest BCUT2D eigenvalue weighted by molar-refractivity contribution is -0.385. The molecule has 0 bridgehead atoms. The van der Waals surface area contributed by atoms with Crippen molar-refractivity contribution < 1.29 is 9.72 Å². The van der Waals surface area contributed by atoms with Gasteiger partial charge in [-0.15, -0.1) is 0 Å². The zero-order valence-electron chi connectivity index (χ0n) is 14.2. The minimum absolute atomic E-state index is 0.165.